The summed E-state index contributed by atoms with van der Waals surface area (Å²) >= 11 is 10.9. The van der Waals surface area contributed by atoms with Crippen molar-refractivity contribution in [3.63, 3.8) is 0 Å². The summed E-state index contributed by atoms with van der Waals surface area (Å²) in [4.78, 5) is 0. The molecule has 0 aromatic heterocycles. The summed E-state index contributed by atoms with van der Waals surface area (Å²) in [6.07, 6.45) is -5.49. The van der Waals surface area contributed by atoms with Crippen LogP contribution in [0.1, 0.15) is 17.2 Å². The quantitative estimate of drug-likeness (QED) is 0.804. The summed E-state index contributed by atoms with van der Waals surface area (Å²) in [5.41, 5.74) is -0.655. The molecule has 0 bridgehead atoms. The molecule has 15 heavy (non-hydrogen) atoms. The maximum absolute atomic E-state index is 12.2. The molecule has 1 aromatic carbocycles. The molecule has 0 aliphatic carbocycles. The van der Waals surface area contributed by atoms with Crippen LogP contribution in [0, 0.1) is 0 Å². The van der Waals surface area contributed by atoms with Crippen molar-refractivity contribution in [2.24, 2.45) is 0 Å². The van der Waals surface area contributed by atoms with Crippen LogP contribution in [-0.2, 0) is 6.18 Å². The highest BCUT2D eigenvalue weighted by atomic mass is 35.5. The molecule has 0 radical (unpaired) electrons. The molecule has 1 N–H and O–H groups in total. The van der Waals surface area contributed by atoms with E-state index in [9.17, 15) is 18.3 Å². The normalized spacial score (nSPS) is 14.0. The minimum Gasteiger partial charge on any atom is -0.387 e. The van der Waals surface area contributed by atoms with Crippen molar-refractivity contribution in [3.05, 3.63) is 34.3 Å². The molecule has 0 aliphatic rings. The number of alkyl halides is 4. The molecule has 1 atom stereocenters. The molecule has 6 heteroatoms. The predicted octanol–water partition coefficient (Wildman–Crippen LogP) is 3.63. The summed E-state index contributed by atoms with van der Waals surface area (Å²) in [6, 6.07) is 2.75. The van der Waals surface area contributed by atoms with Crippen molar-refractivity contribution in [1.82, 2.24) is 0 Å². The Hall–Kier alpha value is -0.450. The fraction of sp³-hybridized carbons (Fsp3) is 0.333. The Morgan fingerprint density at radius 1 is 1.33 bits per heavy atom. The van der Waals surface area contributed by atoms with E-state index >= 15 is 0 Å². The number of hydrogen-bond donors (Lipinski definition) is 1. The molecule has 84 valence electrons. The lowest BCUT2D eigenvalue weighted by atomic mass is 10.1. The molecule has 0 saturated carbocycles. The molecule has 0 unspecified atom stereocenters. The van der Waals surface area contributed by atoms with Gasteiger partial charge in [0, 0.05) is 10.6 Å². The van der Waals surface area contributed by atoms with Crippen LogP contribution < -0.4 is 0 Å². The van der Waals surface area contributed by atoms with Gasteiger partial charge in [-0.3, -0.25) is 0 Å². The SMILES string of the molecule is O[C@H](CCl)c1ccc(C(F)(F)F)cc1Cl. The first-order valence-corrected chi connectivity index (χ1v) is 4.88. The predicted molar refractivity (Wildman–Crippen MR) is 52.1 cm³/mol. The zero-order valence-electron chi connectivity index (χ0n) is 7.35. The fourth-order valence-electron chi connectivity index (χ4n) is 1.06. The first-order chi connectivity index (χ1) is 6.86. The van der Waals surface area contributed by atoms with Crippen molar-refractivity contribution >= 4 is 23.2 Å². The van der Waals surface area contributed by atoms with Crippen LogP contribution >= 0.6 is 23.2 Å². The standard InChI is InChI=1S/C9H7Cl2F3O/c10-4-8(15)6-2-1-5(3-7(6)11)9(12,13)14/h1-3,8,15H,4H2/t8-/m1/s1. The topological polar surface area (TPSA) is 20.2 Å². The zero-order valence-corrected chi connectivity index (χ0v) is 8.87. The smallest absolute Gasteiger partial charge is 0.387 e. The van der Waals surface area contributed by atoms with E-state index in [1.165, 1.54) is 0 Å². The van der Waals surface area contributed by atoms with Crippen LogP contribution in [-0.4, -0.2) is 11.0 Å². The van der Waals surface area contributed by atoms with E-state index in [2.05, 4.69) is 0 Å². The van der Waals surface area contributed by atoms with Crippen molar-refractivity contribution in [1.29, 1.82) is 0 Å². The monoisotopic (exact) mass is 258 g/mol. The molecule has 0 saturated heterocycles. The molecule has 0 heterocycles. The number of hydrogen-bond acceptors (Lipinski definition) is 1. The maximum Gasteiger partial charge on any atom is 0.416 e. The minimum atomic E-state index is -4.44. The number of aliphatic hydroxyl groups is 1. The van der Waals surface area contributed by atoms with Gasteiger partial charge >= 0.3 is 6.18 Å². The first kappa shape index (κ1) is 12.6. The average Bonchev–Trinajstić information content (AvgIpc) is 2.15. The highest BCUT2D eigenvalue weighted by Gasteiger charge is 2.31. The molecular formula is C9H7Cl2F3O. The van der Waals surface area contributed by atoms with Crippen molar-refractivity contribution in [2.45, 2.75) is 12.3 Å². The highest BCUT2D eigenvalue weighted by Crippen LogP contribution is 2.33. The van der Waals surface area contributed by atoms with E-state index in [0.29, 0.717) is 0 Å². The van der Waals surface area contributed by atoms with Crippen LogP contribution in [0.25, 0.3) is 0 Å². The molecule has 0 amide bonds. The lowest BCUT2D eigenvalue weighted by molar-refractivity contribution is -0.137. The summed E-state index contributed by atoms with van der Waals surface area (Å²) < 4.78 is 36.7. The molecule has 0 fully saturated rings. The molecular weight excluding hydrogens is 252 g/mol. The second-order valence-electron chi connectivity index (χ2n) is 2.90. The van der Waals surface area contributed by atoms with Crippen LogP contribution in [0.5, 0.6) is 0 Å². The van der Waals surface area contributed by atoms with Crippen LogP contribution in [0.4, 0.5) is 13.2 Å². The number of benzene rings is 1. The summed E-state index contributed by atoms with van der Waals surface area (Å²) in [5.74, 6) is -0.120. The van der Waals surface area contributed by atoms with Crippen molar-refractivity contribution in [2.75, 3.05) is 5.88 Å². The highest BCUT2D eigenvalue weighted by molar-refractivity contribution is 6.31. The maximum atomic E-state index is 12.2. The van der Waals surface area contributed by atoms with Crippen molar-refractivity contribution < 1.29 is 18.3 Å². The number of halogens is 5. The Balaban J connectivity index is 3.09. The van der Waals surface area contributed by atoms with Crippen LogP contribution in [0.2, 0.25) is 5.02 Å². The van der Waals surface area contributed by atoms with E-state index in [0.717, 1.165) is 18.2 Å². The summed E-state index contributed by atoms with van der Waals surface area (Å²) in [5, 5.41) is 9.17. The Bertz CT molecular complexity index is 352. The van der Waals surface area contributed by atoms with Gasteiger partial charge in [0.2, 0.25) is 0 Å². The number of aliphatic hydroxyl groups excluding tert-OH is 1. The van der Waals surface area contributed by atoms with E-state index in [4.69, 9.17) is 23.2 Å². The van der Waals surface area contributed by atoms with E-state index in [1.54, 1.807) is 0 Å². The van der Waals surface area contributed by atoms with E-state index < -0.39 is 17.8 Å². The summed E-state index contributed by atoms with van der Waals surface area (Å²) in [7, 11) is 0. The largest absolute Gasteiger partial charge is 0.416 e. The third-order valence-corrected chi connectivity index (χ3v) is 2.45. The van der Waals surface area contributed by atoms with Gasteiger partial charge < -0.3 is 5.11 Å². The van der Waals surface area contributed by atoms with Crippen molar-refractivity contribution in [3.8, 4) is 0 Å². The number of rotatable bonds is 2. The third kappa shape index (κ3) is 3.00. The Morgan fingerprint density at radius 2 is 1.93 bits per heavy atom. The van der Waals surface area contributed by atoms with Gasteiger partial charge in [-0.25, -0.2) is 0 Å². The Kier molecular flexibility index (Phi) is 3.87. The third-order valence-electron chi connectivity index (χ3n) is 1.83. The fourth-order valence-corrected chi connectivity index (χ4v) is 1.53. The summed E-state index contributed by atoms with van der Waals surface area (Å²) in [6.45, 7) is 0. The first-order valence-electron chi connectivity index (χ1n) is 3.97. The molecule has 1 nitrogen and oxygen atoms in total. The Morgan fingerprint density at radius 3 is 2.33 bits per heavy atom. The zero-order chi connectivity index (χ0) is 11.6. The minimum absolute atomic E-state index is 0.120. The Labute approximate surface area is 94.4 Å². The van der Waals surface area contributed by atoms with Crippen LogP contribution in [0.15, 0.2) is 18.2 Å². The van der Waals surface area contributed by atoms with E-state index in [1.807, 2.05) is 0 Å². The molecule has 1 rings (SSSR count). The van der Waals surface area contributed by atoms with Gasteiger partial charge in [0.25, 0.3) is 0 Å². The van der Waals surface area contributed by atoms with Gasteiger partial charge in [-0.1, -0.05) is 17.7 Å². The van der Waals surface area contributed by atoms with Gasteiger partial charge in [-0.15, -0.1) is 11.6 Å². The average molecular weight is 259 g/mol. The van der Waals surface area contributed by atoms with Gasteiger partial charge in [0.1, 0.15) is 0 Å². The van der Waals surface area contributed by atoms with Gasteiger partial charge in [0.15, 0.2) is 0 Å². The lowest BCUT2D eigenvalue weighted by Gasteiger charge is -2.12. The van der Waals surface area contributed by atoms with Crippen LogP contribution in [0.3, 0.4) is 0 Å². The van der Waals surface area contributed by atoms with E-state index in [-0.39, 0.29) is 16.5 Å². The van der Waals surface area contributed by atoms with Gasteiger partial charge in [-0.2, -0.15) is 13.2 Å². The second-order valence-corrected chi connectivity index (χ2v) is 3.62. The molecule has 0 aliphatic heterocycles. The molecule has 1 aromatic rings. The lowest BCUT2D eigenvalue weighted by Crippen LogP contribution is -2.06. The molecule has 0 spiro atoms. The second kappa shape index (κ2) is 4.60. The van der Waals surface area contributed by atoms with Gasteiger partial charge in [0.05, 0.1) is 17.5 Å². The van der Waals surface area contributed by atoms with Gasteiger partial charge in [-0.05, 0) is 12.1 Å².